The molecule has 5 heteroatoms. The highest BCUT2D eigenvalue weighted by atomic mass is 35.5. The third-order valence-corrected chi connectivity index (χ3v) is 3.17. The van der Waals surface area contributed by atoms with Crippen molar-refractivity contribution in [3.05, 3.63) is 23.8 Å². The SMILES string of the molecule is CCOc1ccc(C(=O)NCCCCCCl)cc1OCC. The van der Waals surface area contributed by atoms with Crippen molar-refractivity contribution in [1.82, 2.24) is 5.32 Å². The number of nitrogens with one attached hydrogen (secondary N) is 1. The van der Waals surface area contributed by atoms with E-state index < -0.39 is 0 Å². The van der Waals surface area contributed by atoms with E-state index in [1.807, 2.05) is 13.8 Å². The van der Waals surface area contributed by atoms with Crippen LogP contribution in [-0.4, -0.2) is 31.5 Å². The topological polar surface area (TPSA) is 47.6 Å². The fraction of sp³-hybridized carbons (Fsp3) is 0.562. The van der Waals surface area contributed by atoms with Gasteiger partial charge in [-0.3, -0.25) is 4.79 Å². The van der Waals surface area contributed by atoms with Crippen molar-refractivity contribution in [2.24, 2.45) is 0 Å². The van der Waals surface area contributed by atoms with Crippen LogP contribution < -0.4 is 14.8 Å². The summed E-state index contributed by atoms with van der Waals surface area (Å²) < 4.78 is 11.0. The second-order valence-corrected chi connectivity index (χ2v) is 4.91. The molecule has 0 spiro atoms. The Morgan fingerprint density at radius 3 is 2.48 bits per heavy atom. The Morgan fingerprint density at radius 1 is 1.10 bits per heavy atom. The molecule has 4 nitrogen and oxygen atoms in total. The lowest BCUT2D eigenvalue weighted by Gasteiger charge is -2.12. The lowest BCUT2D eigenvalue weighted by Crippen LogP contribution is -2.24. The van der Waals surface area contributed by atoms with Gasteiger partial charge in [-0.1, -0.05) is 6.42 Å². The first-order valence-corrected chi connectivity index (χ1v) is 8.00. The minimum atomic E-state index is -0.0927. The van der Waals surface area contributed by atoms with Crippen LogP contribution in [0.2, 0.25) is 0 Å². The maximum absolute atomic E-state index is 12.1. The Balaban J connectivity index is 2.60. The van der Waals surface area contributed by atoms with Gasteiger partial charge in [0.15, 0.2) is 11.5 Å². The molecule has 0 saturated carbocycles. The molecule has 0 unspecified atom stereocenters. The predicted molar refractivity (Wildman–Crippen MR) is 85.7 cm³/mol. The van der Waals surface area contributed by atoms with Crippen molar-refractivity contribution in [2.45, 2.75) is 33.1 Å². The number of halogens is 1. The van der Waals surface area contributed by atoms with Crippen LogP contribution in [0.25, 0.3) is 0 Å². The molecule has 0 radical (unpaired) electrons. The van der Waals surface area contributed by atoms with E-state index in [9.17, 15) is 4.79 Å². The summed E-state index contributed by atoms with van der Waals surface area (Å²) in [5.74, 6) is 1.85. The first kappa shape index (κ1) is 17.6. The lowest BCUT2D eigenvalue weighted by molar-refractivity contribution is 0.0952. The zero-order valence-electron chi connectivity index (χ0n) is 12.8. The third-order valence-electron chi connectivity index (χ3n) is 2.90. The summed E-state index contributed by atoms with van der Waals surface area (Å²) in [6.07, 6.45) is 2.94. The number of benzene rings is 1. The molecule has 0 heterocycles. The van der Waals surface area contributed by atoms with Crippen molar-refractivity contribution >= 4 is 17.5 Å². The molecule has 1 amide bonds. The first-order chi connectivity index (χ1) is 10.2. The molecule has 1 N–H and O–H groups in total. The van der Waals surface area contributed by atoms with Crippen molar-refractivity contribution in [3.63, 3.8) is 0 Å². The molecule has 1 aromatic rings. The number of unbranched alkanes of at least 4 members (excludes halogenated alkanes) is 2. The molecule has 0 saturated heterocycles. The van der Waals surface area contributed by atoms with Crippen LogP contribution >= 0.6 is 11.6 Å². The van der Waals surface area contributed by atoms with Gasteiger partial charge in [-0.2, -0.15) is 0 Å². The number of rotatable bonds is 10. The highest BCUT2D eigenvalue weighted by Crippen LogP contribution is 2.28. The summed E-state index contributed by atoms with van der Waals surface area (Å²) in [7, 11) is 0. The molecule has 21 heavy (non-hydrogen) atoms. The number of hydrogen-bond acceptors (Lipinski definition) is 3. The minimum Gasteiger partial charge on any atom is -0.490 e. The van der Waals surface area contributed by atoms with Gasteiger partial charge in [0.05, 0.1) is 13.2 Å². The highest BCUT2D eigenvalue weighted by Gasteiger charge is 2.11. The van der Waals surface area contributed by atoms with Crippen LogP contribution in [-0.2, 0) is 0 Å². The molecule has 0 atom stereocenters. The molecule has 1 rings (SSSR count). The van der Waals surface area contributed by atoms with Crippen LogP contribution in [0.4, 0.5) is 0 Å². The molecule has 0 bridgehead atoms. The van der Waals surface area contributed by atoms with Gasteiger partial charge >= 0.3 is 0 Å². The van der Waals surface area contributed by atoms with E-state index in [1.54, 1.807) is 18.2 Å². The van der Waals surface area contributed by atoms with Crippen molar-refractivity contribution in [2.75, 3.05) is 25.6 Å². The van der Waals surface area contributed by atoms with E-state index in [4.69, 9.17) is 21.1 Å². The molecule has 0 aliphatic rings. The van der Waals surface area contributed by atoms with Gasteiger partial charge in [-0.05, 0) is 44.9 Å². The zero-order chi connectivity index (χ0) is 15.5. The second kappa shape index (κ2) is 10.3. The Morgan fingerprint density at radius 2 is 1.81 bits per heavy atom. The number of carbonyl (C=O) groups excluding carboxylic acids is 1. The summed E-state index contributed by atoms with van der Waals surface area (Å²) >= 11 is 5.61. The Labute approximate surface area is 131 Å². The monoisotopic (exact) mass is 313 g/mol. The van der Waals surface area contributed by atoms with Gasteiger partial charge in [0.2, 0.25) is 0 Å². The quantitative estimate of drug-likeness (QED) is 0.530. The summed E-state index contributed by atoms with van der Waals surface area (Å²) in [6, 6.07) is 5.25. The normalized spacial score (nSPS) is 10.2. The maximum Gasteiger partial charge on any atom is 0.251 e. The number of amides is 1. The van der Waals surface area contributed by atoms with Crippen LogP contribution in [0, 0.1) is 0 Å². The molecule has 0 aliphatic heterocycles. The minimum absolute atomic E-state index is 0.0927. The average Bonchev–Trinajstić information content (AvgIpc) is 2.49. The predicted octanol–water partition coefficient (Wildman–Crippen LogP) is 3.62. The van der Waals surface area contributed by atoms with E-state index in [1.165, 1.54) is 0 Å². The second-order valence-electron chi connectivity index (χ2n) is 4.53. The van der Waals surface area contributed by atoms with Crippen molar-refractivity contribution < 1.29 is 14.3 Å². The van der Waals surface area contributed by atoms with Gasteiger partial charge in [0.25, 0.3) is 5.91 Å². The maximum atomic E-state index is 12.1. The number of carbonyl (C=O) groups is 1. The smallest absolute Gasteiger partial charge is 0.251 e. The fourth-order valence-electron chi connectivity index (χ4n) is 1.89. The van der Waals surface area contributed by atoms with Gasteiger partial charge in [0.1, 0.15) is 0 Å². The fourth-order valence-corrected chi connectivity index (χ4v) is 2.08. The average molecular weight is 314 g/mol. The van der Waals surface area contributed by atoms with Crippen LogP contribution in [0.15, 0.2) is 18.2 Å². The van der Waals surface area contributed by atoms with E-state index >= 15 is 0 Å². The summed E-state index contributed by atoms with van der Waals surface area (Å²) in [4.78, 5) is 12.1. The van der Waals surface area contributed by atoms with E-state index in [0.717, 1.165) is 19.3 Å². The van der Waals surface area contributed by atoms with Gasteiger partial charge in [-0.15, -0.1) is 11.6 Å². The molecular weight excluding hydrogens is 290 g/mol. The van der Waals surface area contributed by atoms with Gasteiger partial charge in [0, 0.05) is 18.0 Å². The van der Waals surface area contributed by atoms with Crippen molar-refractivity contribution in [1.29, 1.82) is 0 Å². The largest absolute Gasteiger partial charge is 0.490 e. The standard InChI is InChI=1S/C16H24ClNO3/c1-3-20-14-9-8-13(12-15(14)21-4-2)16(19)18-11-7-5-6-10-17/h8-9,12H,3-7,10-11H2,1-2H3,(H,18,19). The van der Waals surface area contributed by atoms with Gasteiger partial charge < -0.3 is 14.8 Å². The van der Waals surface area contributed by atoms with Crippen LogP contribution in [0.1, 0.15) is 43.5 Å². The summed E-state index contributed by atoms with van der Waals surface area (Å²) in [5, 5.41) is 2.90. The molecule has 118 valence electrons. The van der Waals surface area contributed by atoms with Crippen LogP contribution in [0.5, 0.6) is 11.5 Å². The molecule has 0 fully saturated rings. The molecular formula is C16H24ClNO3. The Bertz CT molecular complexity index is 438. The van der Waals surface area contributed by atoms with E-state index in [-0.39, 0.29) is 5.91 Å². The number of ether oxygens (including phenoxy) is 2. The van der Waals surface area contributed by atoms with E-state index in [2.05, 4.69) is 5.32 Å². The van der Waals surface area contributed by atoms with Crippen LogP contribution in [0.3, 0.4) is 0 Å². The summed E-state index contributed by atoms with van der Waals surface area (Å²) in [6.45, 7) is 5.57. The third kappa shape index (κ3) is 6.25. The Hall–Kier alpha value is -1.42. The first-order valence-electron chi connectivity index (χ1n) is 7.46. The summed E-state index contributed by atoms with van der Waals surface area (Å²) in [5.41, 5.74) is 0.583. The molecule has 1 aromatic carbocycles. The Kier molecular flexibility index (Phi) is 8.67. The number of alkyl halides is 1. The number of hydrogen-bond donors (Lipinski definition) is 1. The van der Waals surface area contributed by atoms with Crippen molar-refractivity contribution in [3.8, 4) is 11.5 Å². The molecule has 0 aromatic heterocycles. The van der Waals surface area contributed by atoms with Gasteiger partial charge in [-0.25, -0.2) is 0 Å². The molecule has 0 aliphatic carbocycles. The lowest BCUT2D eigenvalue weighted by atomic mass is 10.2. The van der Waals surface area contributed by atoms with E-state index in [0.29, 0.717) is 42.7 Å². The zero-order valence-corrected chi connectivity index (χ0v) is 13.5. The highest BCUT2D eigenvalue weighted by molar-refractivity contribution is 6.17.